The number of amides is 2. The summed E-state index contributed by atoms with van der Waals surface area (Å²) in [5, 5.41) is 3.10. The number of thioether (sulfide) groups is 1. The van der Waals surface area contributed by atoms with Gasteiger partial charge in [-0.1, -0.05) is 60.3 Å². The second-order valence-electron chi connectivity index (χ2n) is 9.96. The Morgan fingerprint density at radius 1 is 0.844 bits per heavy atom. The molecule has 10 nitrogen and oxygen atoms in total. The number of aryl methyl sites for hydroxylation is 1. The highest BCUT2D eigenvalue weighted by molar-refractivity contribution is 8.04. The fourth-order valence-electron chi connectivity index (χ4n) is 4.69. The molecular weight excluding hydrogens is 615 g/mol. The maximum atomic E-state index is 13.9. The molecule has 230 valence electrons. The summed E-state index contributed by atoms with van der Waals surface area (Å²) in [6.07, 6.45) is 0. The molecule has 45 heavy (non-hydrogen) atoms. The molecular formula is C33H29N3O7S2. The van der Waals surface area contributed by atoms with Crippen LogP contribution in [0.5, 0.6) is 5.75 Å². The molecule has 0 radical (unpaired) electrons. The summed E-state index contributed by atoms with van der Waals surface area (Å²) >= 11 is 1.03. The van der Waals surface area contributed by atoms with Gasteiger partial charge in [-0.2, -0.15) is 0 Å². The van der Waals surface area contributed by atoms with Gasteiger partial charge in [-0.05, 0) is 66.6 Å². The molecule has 0 unspecified atom stereocenters. The Hall–Kier alpha value is -5.07. The number of hydrogen-bond donors (Lipinski definition) is 2. The van der Waals surface area contributed by atoms with Crippen molar-refractivity contribution in [1.29, 1.82) is 0 Å². The second kappa shape index (κ2) is 13.3. The van der Waals surface area contributed by atoms with Crippen molar-refractivity contribution < 1.29 is 32.3 Å². The van der Waals surface area contributed by atoms with Crippen molar-refractivity contribution in [3.05, 3.63) is 124 Å². The van der Waals surface area contributed by atoms with Crippen LogP contribution in [0.25, 0.3) is 0 Å². The summed E-state index contributed by atoms with van der Waals surface area (Å²) in [4.78, 5) is 41.6. The fourth-order valence-corrected chi connectivity index (χ4v) is 6.90. The zero-order valence-corrected chi connectivity index (χ0v) is 26.2. The molecule has 4 aromatic rings. The van der Waals surface area contributed by atoms with Crippen molar-refractivity contribution in [1.82, 2.24) is 0 Å². The van der Waals surface area contributed by atoms with Crippen molar-refractivity contribution in [3.8, 4) is 5.75 Å². The Morgan fingerprint density at radius 2 is 1.56 bits per heavy atom. The SMILES string of the molecule is COC(=O)c1ccccc1CS(=O)(=O)Nc1cccc(SC2=C(Nc3ccccc3)C(=O)N(c3cc(C)ccc3OC)C2=O)c1. The fraction of sp³-hybridized carbons (Fsp3) is 0.121. The summed E-state index contributed by atoms with van der Waals surface area (Å²) in [7, 11) is -1.27. The lowest BCUT2D eigenvalue weighted by molar-refractivity contribution is -0.120. The van der Waals surface area contributed by atoms with Gasteiger partial charge in [0.25, 0.3) is 11.8 Å². The first kappa shape index (κ1) is 31.4. The van der Waals surface area contributed by atoms with E-state index in [2.05, 4.69) is 10.0 Å². The largest absolute Gasteiger partial charge is 0.495 e. The van der Waals surface area contributed by atoms with Gasteiger partial charge in [0.2, 0.25) is 10.0 Å². The molecule has 1 heterocycles. The van der Waals surface area contributed by atoms with Crippen molar-refractivity contribution in [2.24, 2.45) is 0 Å². The predicted octanol–water partition coefficient (Wildman–Crippen LogP) is 5.72. The number of nitrogens with one attached hydrogen (secondary N) is 2. The molecule has 0 fully saturated rings. The molecule has 1 aliphatic heterocycles. The number of hydrogen-bond acceptors (Lipinski definition) is 9. The summed E-state index contributed by atoms with van der Waals surface area (Å²) in [6.45, 7) is 1.85. The minimum absolute atomic E-state index is 0.0742. The van der Waals surface area contributed by atoms with Crippen LogP contribution in [-0.4, -0.2) is 40.4 Å². The molecule has 0 aromatic heterocycles. The first-order chi connectivity index (χ1) is 21.6. The van der Waals surface area contributed by atoms with Crippen molar-refractivity contribution >= 4 is 56.6 Å². The van der Waals surface area contributed by atoms with Crippen LogP contribution in [-0.2, 0) is 30.1 Å². The maximum absolute atomic E-state index is 13.9. The van der Waals surface area contributed by atoms with Gasteiger partial charge >= 0.3 is 5.97 Å². The Balaban J connectivity index is 1.45. The number of ether oxygens (including phenoxy) is 2. The quantitative estimate of drug-likeness (QED) is 0.156. The average Bonchev–Trinajstić information content (AvgIpc) is 3.24. The smallest absolute Gasteiger partial charge is 0.338 e. The van der Waals surface area contributed by atoms with Gasteiger partial charge < -0.3 is 14.8 Å². The van der Waals surface area contributed by atoms with E-state index in [-0.39, 0.29) is 27.4 Å². The van der Waals surface area contributed by atoms with Crippen molar-refractivity contribution in [3.63, 3.8) is 0 Å². The minimum atomic E-state index is -3.96. The third-order valence-electron chi connectivity index (χ3n) is 6.76. The van der Waals surface area contributed by atoms with Crippen molar-refractivity contribution in [2.45, 2.75) is 17.6 Å². The van der Waals surface area contributed by atoms with Crippen LogP contribution in [0.4, 0.5) is 17.1 Å². The first-order valence-electron chi connectivity index (χ1n) is 13.6. The van der Waals surface area contributed by atoms with Crippen LogP contribution in [0.3, 0.4) is 0 Å². The second-order valence-corrected chi connectivity index (χ2v) is 12.8. The van der Waals surface area contributed by atoms with Gasteiger partial charge in [-0.15, -0.1) is 0 Å². The molecule has 5 rings (SSSR count). The van der Waals surface area contributed by atoms with Gasteiger partial charge in [-0.3, -0.25) is 14.3 Å². The standard InChI is InChI=1S/C33H29N3O7S2/c1-21-16-17-28(42-2)27(18-21)36-31(37)29(34-23-11-5-4-6-12-23)30(32(36)38)44-25-14-9-13-24(19-25)35-45(40,41)20-22-10-7-8-15-26(22)33(39)43-3/h4-19,34-35H,20H2,1-3H3. The third-order valence-corrected chi connectivity index (χ3v) is 9.07. The molecule has 0 spiro atoms. The van der Waals surface area contributed by atoms with Gasteiger partial charge in [-0.25, -0.2) is 18.1 Å². The lowest BCUT2D eigenvalue weighted by Gasteiger charge is -2.19. The summed E-state index contributed by atoms with van der Waals surface area (Å²) < 4.78 is 39.0. The maximum Gasteiger partial charge on any atom is 0.338 e. The molecule has 0 atom stereocenters. The normalized spacial score (nSPS) is 13.2. The number of carbonyl (C=O) groups is 3. The lowest BCUT2D eigenvalue weighted by Crippen LogP contribution is -2.32. The number of esters is 1. The molecule has 0 aliphatic carbocycles. The van der Waals surface area contributed by atoms with Crippen LogP contribution in [0.15, 0.2) is 113 Å². The molecule has 2 amide bonds. The number of rotatable bonds is 11. The number of imide groups is 1. The van der Waals surface area contributed by atoms with Crippen LogP contribution in [0, 0.1) is 6.92 Å². The van der Waals surface area contributed by atoms with Gasteiger partial charge in [0.1, 0.15) is 16.4 Å². The van der Waals surface area contributed by atoms with Crippen LogP contribution < -0.4 is 19.7 Å². The number of carbonyl (C=O) groups excluding carboxylic acids is 3. The highest BCUT2D eigenvalue weighted by atomic mass is 32.2. The number of para-hydroxylation sites is 1. The zero-order chi connectivity index (χ0) is 32.1. The predicted molar refractivity (Wildman–Crippen MR) is 174 cm³/mol. The molecule has 12 heteroatoms. The topological polar surface area (TPSA) is 131 Å². The highest BCUT2D eigenvalue weighted by Gasteiger charge is 2.41. The number of nitrogens with zero attached hydrogens (tertiary/aromatic N) is 1. The van der Waals surface area contributed by atoms with E-state index in [1.54, 1.807) is 78.9 Å². The van der Waals surface area contributed by atoms with Crippen LogP contribution in [0.1, 0.15) is 21.5 Å². The van der Waals surface area contributed by atoms with E-state index in [9.17, 15) is 22.8 Å². The van der Waals surface area contributed by atoms with E-state index in [4.69, 9.17) is 9.47 Å². The molecule has 0 saturated carbocycles. The number of sulfonamides is 1. The Labute approximate surface area is 265 Å². The Kier molecular flexibility index (Phi) is 9.26. The third kappa shape index (κ3) is 7.03. The number of benzene rings is 4. The van der Waals surface area contributed by atoms with E-state index in [1.807, 2.05) is 19.1 Å². The first-order valence-corrected chi connectivity index (χ1v) is 16.1. The van der Waals surface area contributed by atoms with E-state index in [0.717, 1.165) is 22.2 Å². The van der Waals surface area contributed by atoms with E-state index in [1.165, 1.54) is 20.3 Å². The molecule has 1 aliphatic rings. The minimum Gasteiger partial charge on any atom is -0.495 e. The van der Waals surface area contributed by atoms with Crippen LogP contribution >= 0.6 is 11.8 Å². The summed E-state index contributed by atoms with van der Waals surface area (Å²) in [6, 6.07) is 27.0. The Morgan fingerprint density at radius 3 is 2.29 bits per heavy atom. The average molecular weight is 644 g/mol. The summed E-state index contributed by atoms with van der Waals surface area (Å²) in [5.41, 5.74) is 2.50. The monoisotopic (exact) mass is 643 g/mol. The van der Waals surface area contributed by atoms with Gasteiger partial charge in [0.05, 0.1) is 31.2 Å². The molecule has 0 saturated heterocycles. The van der Waals surface area contributed by atoms with Gasteiger partial charge in [0.15, 0.2) is 0 Å². The van der Waals surface area contributed by atoms with E-state index < -0.39 is 33.6 Å². The number of anilines is 3. The lowest BCUT2D eigenvalue weighted by atomic mass is 10.1. The number of methoxy groups -OCH3 is 2. The zero-order valence-electron chi connectivity index (χ0n) is 24.6. The molecule has 2 N–H and O–H groups in total. The summed E-state index contributed by atoms with van der Waals surface area (Å²) in [5.74, 6) is -1.86. The highest BCUT2D eigenvalue weighted by Crippen LogP contribution is 2.41. The van der Waals surface area contributed by atoms with Crippen LogP contribution in [0.2, 0.25) is 0 Å². The molecule has 4 aromatic carbocycles. The van der Waals surface area contributed by atoms with E-state index in [0.29, 0.717) is 22.0 Å². The molecule has 0 bridgehead atoms. The van der Waals surface area contributed by atoms with E-state index >= 15 is 0 Å². The Bertz CT molecular complexity index is 1930. The van der Waals surface area contributed by atoms with Crippen molar-refractivity contribution in [2.75, 3.05) is 29.2 Å². The van der Waals surface area contributed by atoms with Gasteiger partial charge in [0, 0.05) is 16.3 Å².